The first-order chi connectivity index (χ1) is 12.6. The molecule has 0 bridgehead atoms. The number of hydrogen-bond donors (Lipinski definition) is 0. The lowest BCUT2D eigenvalue weighted by atomic mass is 10.1. The Morgan fingerprint density at radius 3 is 2.58 bits per heavy atom. The van der Waals surface area contributed by atoms with Crippen LogP contribution in [0.2, 0.25) is 0 Å². The summed E-state index contributed by atoms with van der Waals surface area (Å²) in [6.07, 6.45) is 0. The van der Waals surface area contributed by atoms with E-state index in [0.29, 0.717) is 22.0 Å². The molecule has 4 aromatic rings. The van der Waals surface area contributed by atoms with Crippen LogP contribution in [0.1, 0.15) is 6.92 Å². The molecule has 0 aliphatic rings. The highest BCUT2D eigenvalue weighted by molar-refractivity contribution is 7.14. The first-order valence-electron chi connectivity index (χ1n) is 7.98. The molecule has 0 spiro atoms. The maximum Gasteiger partial charge on any atom is 0.345 e. The van der Waals surface area contributed by atoms with Gasteiger partial charge in [0.15, 0.2) is 5.13 Å². The first-order valence-corrected chi connectivity index (χ1v) is 8.86. The van der Waals surface area contributed by atoms with E-state index >= 15 is 0 Å². The quantitative estimate of drug-likeness (QED) is 0.500. The van der Waals surface area contributed by atoms with Crippen molar-refractivity contribution >= 4 is 39.0 Å². The Morgan fingerprint density at radius 2 is 1.81 bits per heavy atom. The molecule has 5 nitrogen and oxygen atoms in total. The lowest BCUT2D eigenvalue weighted by Crippen LogP contribution is -2.22. The van der Waals surface area contributed by atoms with Crippen LogP contribution < -0.4 is 10.5 Å². The van der Waals surface area contributed by atoms with Crippen molar-refractivity contribution in [2.24, 2.45) is 0 Å². The zero-order valence-electron chi connectivity index (χ0n) is 13.9. The predicted octanol–water partition coefficient (Wildman–Crippen LogP) is 4.60. The summed E-state index contributed by atoms with van der Waals surface area (Å²) < 4.78 is 5.38. The van der Waals surface area contributed by atoms with Crippen molar-refractivity contribution in [3.05, 3.63) is 76.5 Å². The Kier molecular flexibility index (Phi) is 4.10. The van der Waals surface area contributed by atoms with Gasteiger partial charge in [0.05, 0.1) is 16.9 Å². The van der Waals surface area contributed by atoms with Gasteiger partial charge >= 0.3 is 5.63 Å². The molecular formula is C20H14N2O3S. The third-order valence-corrected chi connectivity index (χ3v) is 4.76. The molecule has 0 unspecified atom stereocenters. The van der Waals surface area contributed by atoms with E-state index in [1.165, 1.54) is 23.2 Å². The van der Waals surface area contributed by atoms with E-state index in [1.807, 2.05) is 48.5 Å². The van der Waals surface area contributed by atoms with E-state index in [0.717, 1.165) is 11.1 Å². The van der Waals surface area contributed by atoms with E-state index in [2.05, 4.69) is 4.98 Å². The highest BCUT2D eigenvalue weighted by Crippen LogP contribution is 2.32. The van der Waals surface area contributed by atoms with Crippen molar-refractivity contribution in [1.82, 2.24) is 4.98 Å². The minimum Gasteiger partial charge on any atom is -0.422 e. The van der Waals surface area contributed by atoms with Gasteiger partial charge in [-0.05, 0) is 24.3 Å². The molecule has 2 aromatic heterocycles. The molecule has 6 heteroatoms. The molecule has 0 saturated heterocycles. The van der Waals surface area contributed by atoms with Crippen LogP contribution in [-0.4, -0.2) is 10.9 Å². The third kappa shape index (κ3) is 2.91. The lowest BCUT2D eigenvalue weighted by Gasteiger charge is -2.17. The Hall–Kier alpha value is -3.25. The summed E-state index contributed by atoms with van der Waals surface area (Å²) in [6, 6.07) is 18.4. The fourth-order valence-electron chi connectivity index (χ4n) is 2.74. The van der Waals surface area contributed by atoms with Crippen molar-refractivity contribution in [2.75, 3.05) is 4.90 Å². The normalized spacial score (nSPS) is 10.8. The number of thiazole rings is 1. The molecule has 0 aliphatic carbocycles. The Morgan fingerprint density at radius 1 is 1.08 bits per heavy atom. The van der Waals surface area contributed by atoms with Gasteiger partial charge in [0, 0.05) is 17.7 Å². The number of anilines is 2. The maximum absolute atomic E-state index is 12.3. The summed E-state index contributed by atoms with van der Waals surface area (Å²) in [5, 5.41) is 3.09. The Balaban J connectivity index is 1.80. The molecular weight excluding hydrogens is 348 g/mol. The summed E-state index contributed by atoms with van der Waals surface area (Å²) >= 11 is 1.30. The average Bonchev–Trinajstić information content (AvgIpc) is 3.11. The number of carbonyl (C=O) groups excluding carboxylic acids is 1. The monoisotopic (exact) mass is 362 g/mol. The van der Waals surface area contributed by atoms with Crippen LogP contribution in [0.15, 0.2) is 75.3 Å². The number of para-hydroxylation sites is 2. The molecule has 2 heterocycles. The molecule has 2 aromatic carbocycles. The van der Waals surface area contributed by atoms with Crippen LogP contribution in [0.4, 0.5) is 10.8 Å². The van der Waals surface area contributed by atoms with Crippen molar-refractivity contribution in [3.8, 4) is 11.3 Å². The summed E-state index contributed by atoms with van der Waals surface area (Å²) in [7, 11) is 0. The van der Waals surface area contributed by atoms with Gasteiger partial charge in [-0.25, -0.2) is 9.78 Å². The van der Waals surface area contributed by atoms with E-state index in [9.17, 15) is 9.59 Å². The number of rotatable bonds is 3. The zero-order chi connectivity index (χ0) is 18.1. The second kappa shape index (κ2) is 6.57. The zero-order valence-corrected chi connectivity index (χ0v) is 14.7. The van der Waals surface area contributed by atoms with Crippen LogP contribution in [0.25, 0.3) is 22.2 Å². The predicted molar refractivity (Wildman–Crippen MR) is 103 cm³/mol. The highest BCUT2D eigenvalue weighted by atomic mass is 32.1. The van der Waals surface area contributed by atoms with E-state index in [-0.39, 0.29) is 5.91 Å². The molecule has 0 N–H and O–H groups in total. The van der Waals surface area contributed by atoms with Gasteiger partial charge in [-0.15, -0.1) is 11.3 Å². The number of nitrogens with zero attached hydrogens (tertiary/aromatic N) is 2. The topological polar surface area (TPSA) is 63.4 Å². The smallest absolute Gasteiger partial charge is 0.345 e. The Labute approximate surface area is 153 Å². The number of hydrogen-bond acceptors (Lipinski definition) is 5. The van der Waals surface area contributed by atoms with Gasteiger partial charge in [-0.2, -0.15) is 0 Å². The van der Waals surface area contributed by atoms with Crippen molar-refractivity contribution in [2.45, 2.75) is 6.92 Å². The lowest BCUT2D eigenvalue weighted by molar-refractivity contribution is -0.115. The molecule has 0 saturated carbocycles. The molecule has 128 valence electrons. The molecule has 4 rings (SSSR count). The van der Waals surface area contributed by atoms with Gasteiger partial charge in [-0.1, -0.05) is 36.4 Å². The van der Waals surface area contributed by atoms with Gasteiger partial charge in [0.25, 0.3) is 0 Å². The van der Waals surface area contributed by atoms with E-state index in [1.54, 1.807) is 17.5 Å². The van der Waals surface area contributed by atoms with Crippen LogP contribution in [0.3, 0.4) is 0 Å². The highest BCUT2D eigenvalue weighted by Gasteiger charge is 2.19. The van der Waals surface area contributed by atoms with Gasteiger partial charge in [0.2, 0.25) is 5.91 Å². The van der Waals surface area contributed by atoms with Crippen LogP contribution >= 0.6 is 11.3 Å². The first kappa shape index (κ1) is 16.2. The number of benzene rings is 2. The molecule has 0 aliphatic heterocycles. The van der Waals surface area contributed by atoms with Gasteiger partial charge < -0.3 is 4.42 Å². The third-order valence-electron chi connectivity index (χ3n) is 3.93. The second-order valence-electron chi connectivity index (χ2n) is 5.69. The summed E-state index contributed by atoms with van der Waals surface area (Å²) in [5.41, 5.74) is 1.68. The van der Waals surface area contributed by atoms with Gasteiger partial charge in [0.1, 0.15) is 5.58 Å². The van der Waals surface area contributed by atoms with Crippen molar-refractivity contribution in [1.29, 1.82) is 0 Å². The Bertz CT molecular complexity index is 1150. The second-order valence-corrected chi connectivity index (χ2v) is 6.53. The van der Waals surface area contributed by atoms with Crippen LogP contribution in [0, 0.1) is 0 Å². The molecule has 0 fully saturated rings. The molecule has 0 atom stereocenters. The fraction of sp³-hybridized carbons (Fsp3) is 0.0500. The molecule has 26 heavy (non-hydrogen) atoms. The SMILES string of the molecule is CC(=O)N(c1ccccc1)c1nc(-c2cc3ccccc3oc2=O)cs1. The van der Waals surface area contributed by atoms with Crippen LogP contribution in [-0.2, 0) is 4.79 Å². The number of amides is 1. The number of carbonyl (C=O) groups is 1. The fourth-order valence-corrected chi connectivity index (χ4v) is 3.62. The van der Waals surface area contributed by atoms with Crippen LogP contribution in [0.5, 0.6) is 0 Å². The number of fused-ring (bicyclic) bond motifs is 1. The van der Waals surface area contributed by atoms with E-state index < -0.39 is 5.63 Å². The summed E-state index contributed by atoms with van der Waals surface area (Å²) in [4.78, 5) is 30.5. The summed E-state index contributed by atoms with van der Waals surface area (Å²) in [5.74, 6) is -0.150. The largest absolute Gasteiger partial charge is 0.422 e. The standard InChI is InChI=1S/C20H14N2O3S/c1-13(23)22(15-8-3-2-4-9-15)20-21-17(12-26-20)16-11-14-7-5-6-10-18(14)25-19(16)24/h2-12H,1H3. The minimum atomic E-state index is -0.449. The minimum absolute atomic E-state index is 0.150. The molecule has 0 radical (unpaired) electrons. The van der Waals surface area contributed by atoms with Crippen molar-refractivity contribution < 1.29 is 9.21 Å². The average molecular weight is 362 g/mol. The number of aromatic nitrogens is 1. The maximum atomic E-state index is 12.3. The van der Waals surface area contributed by atoms with E-state index in [4.69, 9.17) is 4.42 Å². The molecule has 1 amide bonds. The van der Waals surface area contributed by atoms with Crippen molar-refractivity contribution in [3.63, 3.8) is 0 Å². The summed E-state index contributed by atoms with van der Waals surface area (Å²) in [6.45, 7) is 1.48. The van der Waals surface area contributed by atoms with Gasteiger partial charge in [-0.3, -0.25) is 9.69 Å².